The molecular weight excluding hydrogens is 237 g/mol. The van der Waals surface area contributed by atoms with Gasteiger partial charge >= 0.3 is 0 Å². The van der Waals surface area contributed by atoms with Gasteiger partial charge in [0.15, 0.2) is 0 Å². The molecule has 1 aromatic heterocycles. The van der Waals surface area contributed by atoms with Gasteiger partial charge in [0.05, 0.1) is 6.20 Å². The lowest BCUT2D eigenvalue weighted by atomic mass is 9.76. The van der Waals surface area contributed by atoms with Gasteiger partial charge in [0.25, 0.3) is 0 Å². The van der Waals surface area contributed by atoms with E-state index in [0.29, 0.717) is 0 Å². The number of aromatic nitrogens is 1. The molecule has 1 heterocycles. The van der Waals surface area contributed by atoms with E-state index in [-0.39, 0.29) is 11.2 Å². The Kier molecular flexibility index (Phi) is 4.31. The molecule has 0 aliphatic carbocycles. The van der Waals surface area contributed by atoms with Crippen molar-refractivity contribution in [3.63, 3.8) is 0 Å². The van der Waals surface area contributed by atoms with Crippen molar-refractivity contribution in [1.29, 1.82) is 0 Å². The summed E-state index contributed by atoms with van der Waals surface area (Å²) in [5.74, 6) is -0.195. The van der Waals surface area contributed by atoms with Crippen LogP contribution < -0.4 is 0 Å². The molecule has 19 heavy (non-hydrogen) atoms. The quantitative estimate of drug-likeness (QED) is 0.767. The molecule has 100 valence electrons. The van der Waals surface area contributed by atoms with Crippen molar-refractivity contribution in [3.8, 4) is 0 Å². The molecule has 0 saturated heterocycles. The molecule has 0 N–H and O–H groups in total. The molecule has 0 radical (unpaired) electrons. The molecule has 0 spiro atoms. The van der Waals surface area contributed by atoms with E-state index in [2.05, 4.69) is 31.0 Å². The number of nitrogens with zero attached hydrogens (tertiary/aromatic N) is 1. The highest BCUT2D eigenvalue weighted by Gasteiger charge is 2.27. The van der Waals surface area contributed by atoms with Crippen LogP contribution in [0.1, 0.15) is 37.8 Å². The van der Waals surface area contributed by atoms with Gasteiger partial charge in [-0.3, -0.25) is 4.98 Å². The zero-order chi connectivity index (χ0) is 13.7. The Morgan fingerprint density at radius 1 is 1.16 bits per heavy atom. The number of pyridine rings is 1. The lowest BCUT2D eigenvalue weighted by Gasteiger charge is -2.29. The average molecular weight is 257 g/mol. The van der Waals surface area contributed by atoms with Crippen LogP contribution in [0.4, 0.5) is 4.39 Å². The number of rotatable bonds is 5. The van der Waals surface area contributed by atoms with E-state index in [4.69, 9.17) is 0 Å². The first-order chi connectivity index (χ1) is 9.15. The van der Waals surface area contributed by atoms with Crippen LogP contribution in [0.25, 0.3) is 0 Å². The van der Waals surface area contributed by atoms with Gasteiger partial charge in [-0.2, -0.15) is 0 Å². The van der Waals surface area contributed by atoms with Gasteiger partial charge in [-0.25, -0.2) is 4.39 Å². The second-order valence-electron chi connectivity index (χ2n) is 5.26. The normalized spacial score (nSPS) is 14.1. The maximum atomic E-state index is 13.9. The molecule has 0 bridgehead atoms. The highest BCUT2D eigenvalue weighted by atomic mass is 19.1. The molecule has 0 saturated carbocycles. The van der Waals surface area contributed by atoms with Gasteiger partial charge in [-0.05, 0) is 41.9 Å². The maximum absolute atomic E-state index is 13.9. The first-order valence-electron chi connectivity index (χ1n) is 6.79. The van der Waals surface area contributed by atoms with Gasteiger partial charge in [0.2, 0.25) is 0 Å². The van der Waals surface area contributed by atoms with Gasteiger partial charge in [0, 0.05) is 6.20 Å². The molecule has 1 atom stereocenters. The number of hydrogen-bond donors (Lipinski definition) is 0. The van der Waals surface area contributed by atoms with Crippen molar-refractivity contribution >= 4 is 0 Å². The summed E-state index contributed by atoms with van der Waals surface area (Å²) < 4.78 is 13.9. The van der Waals surface area contributed by atoms with Crippen molar-refractivity contribution in [2.45, 2.75) is 38.5 Å². The van der Waals surface area contributed by atoms with E-state index in [0.717, 1.165) is 24.8 Å². The second-order valence-corrected chi connectivity index (χ2v) is 5.26. The minimum Gasteiger partial charge on any atom is -0.262 e. The summed E-state index contributed by atoms with van der Waals surface area (Å²) in [5.41, 5.74) is 1.95. The van der Waals surface area contributed by atoms with Gasteiger partial charge in [0.1, 0.15) is 5.82 Å². The van der Waals surface area contributed by atoms with Crippen LogP contribution in [0.5, 0.6) is 0 Å². The number of halogens is 1. The number of benzene rings is 1. The Morgan fingerprint density at radius 3 is 2.53 bits per heavy atom. The van der Waals surface area contributed by atoms with E-state index in [1.165, 1.54) is 11.8 Å². The molecule has 0 unspecified atom stereocenters. The summed E-state index contributed by atoms with van der Waals surface area (Å²) in [6, 6.07) is 12.2. The summed E-state index contributed by atoms with van der Waals surface area (Å²) in [6.07, 6.45) is 5.81. The molecule has 0 aliphatic heterocycles. The highest BCUT2D eigenvalue weighted by Crippen LogP contribution is 2.33. The Morgan fingerprint density at radius 2 is 1.89 bits per heavy atom. The number of hydrogen-bond acceptors (Lipinski definition) is 1. The molecule has 1 nitrogen and oxygen atoms in total. The van der Waals surface area contributed by atoms with Crippen LogP contribution in [0.3, 0.4) is 0 Å². The topological polar surface area (TPSA) is 12.9 Å². The SMILES string of the molecule is CC[C@@](C)(CCc1ccccc1)c1ccncc1F. The predicted molar refractivity (Wildman–Crippen MR) is 76.6 cm³/mol. The number of aryl methyl sites for hydroxylation is 1. The fourth-order valence-corrected chi connectivity index (χ4v) is 2.43. The standard InChI is InChI=1S/C17H20FN/c1-3-17(2,15-10-12-19-13-16(15)18)11-9-14-7-5-4-6-8-14/h4-8,10,12-13H,3,9,11H2,1-2H3/t17-/m0/s1. The molecule has 0 amide bonds. The summed E-state index contributed by atoms with van der Waals surface area (Å²) in [4.78, 5) is 3.84. The van der Waals surface area contributed by atoms with Gasteiger partial charge in [-0.15, -0.1) is 0 Å². The minimum atomic E-state index is -0.195. The fourth-order valence-electron chi connectivity index (χ4n) is 2.43. The van der Waals surface area contributed by atoms with Crippen molar-refractivity contribution in [3.05, 3.63) is 65.7 Å². The zero-order valence-corrected chi connectivity index (χ0v) is 11.6. The third-order valence-electron chi connectivity index (χ3n) is 4.01. The van der Waals surface area contributed by atoms with E-state index in [9.17, 15) is 4.39 Å². The molecule has 2 heteroatoms. The fraction of sp³-hybridized carbons (Fsp3) is 0.353. The maximum Gasteiger partial charge on any atom is 0.145 e. The summed E-state index contributed by atoms with van der Waals surface area (Å²) >= 11 is 0. The van der Waals surface area contributed by atoms with E-state index in [1.807, 2.05) is 24.3 Å². The van der Waals surface area contributed by atoms with E-state index >= 15 is 0 Å². The first kappa shape index (κ1) is 13.7. The summed E-state index contributed by atoms with van der Waals surface area (Å²) in [5, 5.41) is 0. The highest BCUT2D eigenvalue weighted by molar-refractivity contribution is 5.24. The third kappa shape index (κ3) is 3.19. The van der Waals surface area contributed by atoms with Crippen LogP contribution >= 0.6 is 0 Å². The Balaban J connectivity index is 2.17. The molecule has 0 fully saturated rings. The summed E-state index contributed by atoms with van der Waals surface area (Å²) in [6.45, 7) is 4.25. The average Bonchev–Trinajstić information content (AvgIpc) is 2.46. The van der Waals surface area contributed by atoms with Crippen molar-refractivity contribution in [1.82, 2.24) is 4.98 Å². The van der Waals surface area contributed by atoms with Crippen LogP contribution in [0, 0.1) is 5.82 Å². The molecule has 2 rings (SSSR count). The van der Waals surface area contributed by atoms with Crippen molar-refractivity contribution < 1.29 is 4.39 Å². The van der Waals surface area contributed by atoms with Crippen LogP contribution in [0.15, 0.2) is 48.8 Å². The third-order valence-corrected chi connectivity index (χ3v) is 4.01. The molecule has 2 aromatic rings. The molecular formula is C17H20FN. The van der Waals surface area contributed by atoms with E-state index < -0.39 is 0 Å². The van der Waals surface area contributed by atoms with Crippen molar-refractivity contribution in [2.24, 2.45) is 0 Å². The lowest BCUT2D eigenvalue weighted by Crippen LogP contribution is -2.23. The van der Waals surface area contributed by atoms with Gasteiger partial charge < -0.3 is 0 Å². The first-order valence-corrected chi connectivity index (χ1v) is 6.79. The Labute approximate surface area is 114 Å². The molecule has 0 aliphatic rings. The van der Waals surface area contributed by atoms with Gasteiger partial charge in [-0.1, -0.05) is 44.2 Å². The Bertz CT molecular complexity index is 524. The largest absolute Gasteiger partial charge is 0.262 e. The van der Waals surface area contributed by atoms with E-state index in [1.54, 1.807) is 6.20 Å². The zero-order valence-electron chi connectivity index (χ0n) is 11.6. The predicted octanol–water partition coefficient (Wildman–Crippen LogP) is 4.52. The van der Waals surface area contributed by atoms with Crippen LogP contribution in [-0.4, -0.2) is 4.98 Å². The smallest absolute Gasteiger partial charge is 0.145 e. The second kappa shape index (κ2) is 5.96. The summed E-state index contributed by atoms with van der Waals surface area (Å²) in [7, 11) is 0. The molecule has 1 aromatic carbocycles. The monoisotopic (exact) mass is 257 g/mol. The minimum absolute atomic E-state index is 0.136. The Hall–Kier alpha value is -1.70. The van der Waals surface area contributed by atoms with Crippen molar-refractivity contribution in [2.75, 3.05) is 0 Å². The van der Waals surface area contributed by atoms with Crippen LogP contribution in [-0.2, 0) is 11.8 Å². The van der Waals surface area contributed by atoms with Crippen LogP contribution in [0.2, 0.25) is 0 Å². The lowest BCUT2D eigenvalue weighted by molar-refractivity contribution is 0.397.